The molecular formula is C8H9BO4. The molecule has 0 saturated carbocycles. The molecule has 0 radical (unpaired) electrons. The first-order valence-corrected chi connectivity index (χ1v) is 3.52. The fraction of sp³-hybridized carbons (Fsp3) is 0. The fourth-order valence-corrected chi connectivity index (χ4v) is 0.534. The fourth-order valence-electron chi connectivity index (χ4n) is 0.534. The largest absolute Gasteiger partial charge is 0.473 e. The van der Waals surface area contributed by atoms with Gasteiger partial charge in [-0.2, -0.15) is 0 Å². The summed E-state index contributed by atoms with van der Waals surface area (Å²) in [6.07, 6.45) is 0. The lowest BCUT2D eigenvalue weighted by molar-refractivity contribution is -0.159. The summed E-state index contributed by atoms with van der Waals surface area (Å²) in [5.74, 6) is -3.65. The Balaban J connectivity index is 0.000000226. The molecule has 4 nitrogen and oxygen atoms in total. The molecule has 1 aromatic carbocycles. The van der Waals surface area contributed by atoms with Crippen LogP contribution >= 0.6 is 0 Å². The van der Waals surface area contributed by atoms with Gasteiger partial charge in [-0.05, 0) is 0 Å². The highest BCUT2D eigenvalue weighted by molar-refractivity contribution is 6.32. The molecule has 0 saturated heterocycles. The van der Waals surface area contributed by atoms with E-state index in [1.165, 1.54) is 5.46 Å². The summed E-state index contributed by atoms with van der Waals surface area (Å²) in [4.78, 5) is 18.2. The highest BCUT2D eigenvalue weighted by Crippen LogP contribution is 1.76. The van der Waals surface area contributed by atoms with Crippen LogP contribution in [-0.4, -0.2) is 30.0 Å². The van der Waals surface area contributed by atoms with Crippen molar-refractivity contribution in [3.63, 3.8) is 0 Å². The summed E-state index contributed by atoms with van der Waals surface area (Å²) < 4.78 is 0. The van der Waals surface area contributed by atoms with E-state index in [0.717, 1.165) is 0 Å². The Labute approximate surface area is 76.2 Å². The summed E-state index contributed by atoms with van der Waals surface area (Å²) in [5.41, 5.74) is 1.32. The van der Waals surface area contributed by atoms with Crippen LogP contribution in [-0.2, 0) is 9.59 Å². The number of carboxylic acids is 2. The van der Waals surface area contributed by atoms with Gasteiger partial charge in [-0.25, -0.2) is 9.59 Å². The summed E-state index contributed by atoms with van der Waals surface area (Å²) in [6.45, 7) is 0. The number of aliphatic carboxylic acids is 2. The highest BCUT2D eigenvalue weighted by Gasteiger charge is 2.04. The van der Waals surface area contributed by atoms with Crippen molar-refractivity contribution in [2.24, 2.45) is 0 Å². The molecule has 0 fully saturated rings. The van der Waals surface area contributed by atoms with Crippen molar-refractivity contribution in [2.45, 2.75) is 0 Å². The van der Waals surface area contributed by atoms with Gasteiger partial charge in [0.25, 0.3) is 0 Å². The molecule has 0 unspecified atom stereocenters. The zero-order valence-electron chi connectivity index (χ0n) is 7.10. The molecule has 0 bridgehead atoms. The average Bonchev–Trinajstić information content (AvgIpc) is 2.06. The monoisotopic (exact) mass is 180 g/mol. The second-order valence-corrected chi connectivity index (χ2v) is 2.27. The Morgan fingerprint density at radius 3 is 1.54 bits per heavy atom. The van der Waals surface area contributed by atoms with Gasteiger partial charge in [-0.1, -0.05) is 35.8 Å². The standard InChI is InChI=1S/C6H7B.C2H2O4/c7-6-4-2-1-3-5-6;3-1(4)2(5)6/h1-5H,7H2;(H,3,4)(H,5,6). The van der Waals surface area contributed by atoms with Crippen LogP contribution in [0.4, 0.5) is 0 Å². The molecule has 0 amide bonds. The van der Waals surface area contributed by atoms with Crippen molar-refractivity contribution in [3.05, 3.63) is 30.3 Å². The smallest absolute Gasteiger partial charge is 0.414 e. The van der Waals surface area contributed by atoms with Crippen molar-refractivity contribution in [1.82, 2.24) is 0 Å². The van der Waals surface area contributed by atoms with Crippen LogP contribution in [0.3, 0.4) is 0 Å². The van der Waals surface area contributed by atoms with Crippen LogP contribution in [0.25, 0.3) is 0 Å². The Morgan fingerprint density at radius 1 is 1.00 bits per heavy atom. The van der Waals surface area contributed by atoms with E-state index >= 15 is 0 Å². The van der Waals surface area contributed by atoms with Gasteiger partial charge in [0.15, 0.2) is 0 Å². The number of rotatable bonds is 0. The minimum absolute atomic E-state index is 1.32. The Hall–Kier alpha value is -1.78. The van der Waals surface area contributed by atoms with E-state index < -0.39 is 11.9 Å². The molecule has 68 valence electrons. The maximum Gasteiger partial charge on any atom is 0.414 e. The average molecular weight is 180 g/mol. The van der Waals surface area contributed by atoms with E-state index in [2.05, 4.69) is 20.0 Å². The minimum Gasteiger partial charge on any atom is -0.473 e. The van der Waals surface area contributed by atoms with Crippen molar-refractivity contribution in [1.29, 1.82) is 0 Å². The number of hydrogen-bond acceptors (Lipinski definition) is 2. The van der Waals surface area contributed by atoms with Gasteiger partial charge in [-0.15, -0.1) is 0 Å². The van der Waals surface area contributed by atoms with Crippen LogP contribution in [0, 0.1) is 0 Å². The Morgan fingerprint density at radius 2 is 1.38 bits per heavy atom. The topological polar surface area (TPSA) is 74.6 Å². The van der Waals surface area contributed by atoms with Crippen molar-refractivity contribution >= 4 is 25.2 Å². The quantitative estimate of drug-likeness (QED) is 0.400. The third-order valence-corrected chi connectivity index (χ3v) is 1.12. The third-order valence-electron chi connectivity index (χ3n) is 1.12. The summed E-state index contributed by atoms with van der Waals surface area (Å²) in [5, 5.41) is 14.8. The maximum atomic E-state index is 9.10. The number of carboxylic acid groups (broad SMARTS) is 2. The van der Waals surface area contributed by atoms with E-state index in [-0.39, 0.29) is 0 Å². The van der Waals surface area contributed by atoms with Crippen LogP contribution in [0.5, 0.6) is 0 Å². The van der Waals surface area contributed by atoms with Gasteiger partial charge >= 0.3 is 11.9 Å². The van der Waals surface area contributed by atoms with Crippen molar-refractivity contribution in [3.8, 4) is 0 Å². The second kappa shape index (κ2) is 5.82. The molecule has 1 aromatic rings. The molecule has 0 spiro atoms. The summed E-state index contributed by atoms with van der Waals surface area (Å²) in [6, 6.07) is 10.3. The summed E-state index contributed by atoms with van der Waals surface area (Å²) in [7, 11) is 2.08. The molecular weight excluding hydrogens is 171 g/mol. The zero-order chi connectivity index (χ0) is 10.3. The number of hydrogen-bond donors (Lipinski definition) is 2. The Bertz CT molecular complexity index is 271. The number of carbonyl (C=O) groups is 2. The van der Waals surface area contributed by atoms with Gasteiger partial charge in [0.2, 0.25) is 0 Å². The Kier molecular flexibility index (Phi) is 5.03. The summed E-state index contributed by atoms with van der Waals surface area (Å²) >= 11 is 0. The molecule has 0 aliphatic rings. The van der Waals surface area contributed by atoms with Crippen molar-refractivity contribution < 1.29 is 19.8 Å². The van der Waals surface area contributed by atoms with E-state index in [1.807, 2.05) is 18.2 Å². The van der Waals surface area contributed by atoms with Gasteiger partial charge in [-0.3, -0.25) is 0 Å². The third kappa shape index (κ3) is 6.62. The molecule has 5 heteroatoms. The van der Waals surface area contributed by atoms with Crippen LogP contribution in [0.2, 0.25) is 0 Å². The predicted octanol–water partition coefficient (Wildman–Crippen LogP) is -0.899. The number of benzene rings is 1. The molecule has 0 atom stereocenters. The van der Waals surface area contributed by atoms with Gasteiger partial charge < -0.3 is 10.2 Å². The normalized spacial score (nSPS) is 8.00. The SMILES string of the molecule is Bc1ccccc1.O=C(O)C(=O)O. The second-order valence-electron chi connectivity index (χ2n) is 2.27. The molecule has 0 aliphatic heterocycles. The zero-order valence-corrected chi connectivity index (χ0v) is 7.10. The van der Waals surface area contributed by atoms with Crippen LogP contribution in [0.15, 0.2) is 30.3 Å². The molecule has 0 heterocycles. The molecule has 13 heavy (non-hydrogen) atoms. The maximum absolute atomic E-state index is 9.10. The molecule has 1 rings (SSSR count). The lowest BCUT2D eigenvalue weighted by atomic mass is 9.97. The van der Waals surface area contributed by atoms with Crippen LogP contribution in [0.1, 0.15) is 0 Å². The molecule has 0 aliphatic carbocycles. The lowest BCUT2D eigenvalue weighted by Gasteiger charge is -1.82. The molecule has 2 N–H and O–H groups in total. The van der Waals surface area contributed by atoms with E-state index in [4.69, 9.17) is 19.8 Å². The van der Waals surface area contributed by atoms with Crippen molar-refractivity contribution in [2.75, 3.05) is 0 Å². The van der Waals surface area contributed by atoms with Gasteiger partial charge in [0.05, 0.1) is 0 Å². The predicted molar refractivity (Wildman–Crippen MR) is 49.9 cm³/mol. The van der Waals surface area contributed by atoms with Crippen LogP contribution < -0.4 is 5.46 Å². The van der Waals surface area contributed by atoms with Gasteiger partial charge in [0, 0.05) is 0 Å². The minimum atomic E-state index is -1.82. The van der Waals surface area contributed by atoms with E-state index in [0.29, 0.717) is 0 Å². The van der Waals surface area contributed by atoms with E-state index in [9.17, 15) is 0 Å². The molecule has 0 aromatic heterocycles. The van der Waals surface area contributed by atoms with E-state index in [1.54, 1.807) is 0 Å². The van der Waals surface area contributed by atoms with Gasteiger partial charge in [0.1, 0.15) is 7.85 Å². The highest BCUT2D eigenvalue weighted by atomic mass is 16.4. The first-order chi connectivity index (χ1) is 6.04. The first kappa shape index (κ1) is 11.2. The lowest BCUT2D eigenvalue weighted by Crippen LogP contribution is -2.09. The first-order valence-electron chi connectivity index (χ1n) is 3.52.